The summed E-state index contributed by atoms with van der Waals surface area (Å²) in [4.78, 5) is 12.1. The van der Waals surface area contributed by atoms with Crippen LogP contribution in [0.3, 0.4) is 0 Å². The molecule has 0 atom stereocenters. The van der Waals surface area contributed by atoms with E-state index in [-0.39, 0.29) is 17.8 Å². The van der Waals surface area contributed by atoms with Crippen molar-refractivity contribution < 1.29 is 9.53 Å². The second kappa shape index (κ2) is 6.36. The Morgan fingerprint density at radius 1 is 1.44 bits per heavy atom. The number of Topliss-reactive ketones (excluding diaryl/α,β-unsaturated/α-hetero) is 1. The van der Waals surface area contributed by atoms with E-state index in [9.17, 15) is 4.79 Å². The highest BCUT2D eigenvalue weighted by Gasteiger charge is 2.39. The van der Waals surface area contributed by atoms with Crippen molar-refractivity contribution in [3.63, 3.8) is 0 Å². The van der Waals surface area contributed by atoms with Crippen LogP contribution in [-0.2, 0) is 9.53 Å². The molecule has 2 N–H and O–H groups in total. The molecule has 1 aliphatic carbocycles. The summed E-state index contributed by atoms with van der Waals surface area (Å²) >= 11 is 0. The Hall–Kier alpha value is -0.410. The fraction of sp³-hybridized carbons (Fsp3) is 0.923. The first kappa shape index (κ1) is 13.7. The molecule has 3 heteroatoms. The van der Waals surface area contributed by atoms with Crippen LogP contribution in [-0.4, -0.2) is 25.5 Å². The summed E-state index contributed by atoms with van der Waals surface area (Å²) in [7, 11) is 0. The van der Waals surface area contributed by atoms with Gasteiger partial charge in [-0.1, -0.05) is 13.8 Å². The molecule has 0 spiro atoms. The molecule has 1 saturated carbocycles. The number of hydrogen-bond acceptors (Lipinski definition) is 3. The van der Waals surface area contributed by atoms with Gasteiger partial charge in [-0.15, -0.1) is 0 Å². The lowest BCUT2D eigenvalue weighted by Gasteiger charge is -2.37. The fourth-order valence-electron chi connectivity index (χ4n) is 2.37. The number of rotatable bonds is 6. The maximum absolute atomic E-state index is 12.1. The Kier molecular flexibility index (Phi) is 5.42. The second-order valence-electron chi connectivity index (χ2n) is 5.14. The van der Waals surface area contributed by atoms with E-state index in [1.807, 2.05) is 6.92 Å². The van der Waals surface area contributed by atoms with Crippen LogP contribution in [0.2, 0.25) is 0 Å². The van der Waals surface area contributed by atoms with Gasteiger partial charge < -0.3 is 10.5 Å². The van der Waals surface area contributed by atoms with Crippen molar-refractivity contribution in [3.05, 3.63) is 0 Å². The highest BCUT2D eigenvalue weighted by Crippen LogP contribution is 2.38. The van der Waals surface area contributed by atoms with E-state index in [0.29, 0.717) is 13.2 Å². The summed E-state index contributed by atoms with van der Waals surface area (Å²) in [5.41, 5.74) is 5.53. The van der Waals surface area contributed by atoms with Crippen molar-refractivity contribution in [1.29, 1.82) is 0 Å². The van der Waals surface area contributed by atoms with Crippen LogP contribution in [0, 0.1) is 11.3 Å². The smallest absolute Gasteiger partial charge is 0.165 e. The third kappa shape index (κ3) is 3.29. The molecule has 3 nitrogen and oxygen atoms in total. The minimum Gasteiger partial charge on any atom is -0.374 e. The highest BCUT2D eigenvalue weighted by molar-refractivity contribution is 5.86. The van der Waals surface area contributed by atoms with E-state index in [1.54, 1.807) is 0 Å². The summed E-state index contributed by atoms with van der Waals surface area (Å²) in [6, 6.07) is 0. The normalized spacial score (nSPS) is 30.3. The lowest BCUT2D eigenvalue weighted by Crippen LogP contribution is -2.43. The molecule has 0 aromatic carbocycles. The van der Waals surface area contributed by atoms with Crippen LogP contribution in [0.5, 0.6) is 0 Å². The predicted molar refractivity (Wildman–Crippen MR) is 65.2 cm³/mol. The second-order valence-corrected chi connectivity index (χ2v) is 5.14. The predicted octanol–water partition coefficient (Wildman–Crippen LogP) is 2.14. The van der Waals surface area contributed by atoms with Crippen molar-refractivity contribution in [2.45, 2.75) is 46.0 Å². The van der Waals surface area contributed by atoms with Crippen LogP contribution < -0.4 is 5.73 Å². The SMILES string of the molecule is CCCOCC(=O)C1(CN)CCC(C)CC1. The van der Waals surface area contributed by atoms with Gasteiger partial charge in [0.25, 0.3) is 0 Å². The fourth-order valence-corrected chi connectivity index (χ4v) is 2.37. The Balaban J connectivity index is 2.48. The van der Waals surface area contributed by atoms with E-state index in [2.05, 4.69) is 6.92 Å². The zero-order valence-corrected chi connectivity index (χ0v) is 10.6. The molecule has 0 radical (unpaired) electrons. The van der Waals surface area contributed by atoms with Gasteiger partial charge in [-0.3, -0.25) is 4.79 Å². The average molecular weight is 227 g/mol. The molecule has 0 saturated heterocycles. The minimum absolute atomic E-state index is 0.218. The zero-order valence-electron chi connectivity index (χ0n) is 10.6. The number of carbonyl (C=O) groups is 1. The zero-order chi connectivity index (χ0) is 12.0. The lowest BCUT2D eigenvalue weighted by atomic mass is 9.68. The van der Waals surface area contributed by atoms with Gasteiger partial charge in [-0.2, -0.15) is 0 Å². The number of hydrogen-bond donors (Lipinski definition) is 1. The Labute approximate surface area is 98.7 Å². The van der Waals surface area contributed by atoms with Crippen molar-refractivity contribution in [2.75, 3.05) is 19.8 Å². The largest absolute Gasteiger partial charge is 0.374 e. The van der Waals surface area contributed by atoms with E-state index < -0.39 is 0 Å². The molecule has 1 rings (SSSR count). The van der Waals surface area contributed by atoms with Crippen molar-refractivity contribution >= 4 is 5.78 Å². The van der Waals surface area contributed by atoms with Gasteiger partial charge in [0.1, 0.15) is 6.61 Å². The Morgan fingerprint density at radius 2 is 2.06 bits per heavy atom. The molecular weight excluding hydrogens is 202 g/mol. The van der Waals surface area contributed by atoms with Crippen molar-refractivity contribution in [3.8, 4) is 0 Å². The van der Waals surface area contributed by atoms with Crippen LogP contribution in [0.15, 0.2) is 0 Å². The van der Waals surface area contributed by atoms with Crippen molar-refractivity contribution in [2.24, 2.45) is 17.1 Å². The number of carbonyl (C=O) groups excluding carboxylic acids is 1. The minimum atomic E-state index is -0.278. The van der Waals surface area contributed by atoms with Crippen LogP contribution in [0.4, 0.5) is 0 Å². The maximum Gasteiger partial charge on any atom is 0.165 e. The summed E-state index contributed by atoms with van der Waals surface area (Å²) in [5.74, 6) is 0.958. The third-order valence-electron chi connectivity index (χ3n) is 3.80. The number of nitrogens with two attached hydrogens (primary N) is 1. The quantitative estimate of drug-likeness (QED) is 0.707. The molecule has 0 aliphatic heterocycles. The van der Waals surface area contributed by atoms with Crippen LogP contribution >= 0.6 is 0 Å². The van der Waals surface area contributed by atoms with Gasteiger partial charge in [-0.25, -0.2) is 0 Å². The summed E-state index contributed by atoms with van der Waals surface area (Å²) in [6.45, 7) is 5.69. The topological polar surface area (TPSA) is 52.3 Å². The summed E-state index contributed by atoms with van der Waals surface area (Å²) in [5, 5.41) is 0. The van der Waals surface area contributed by atoms with E-state index >= 15 is 0 Å². The molecule has 94 valence electrons. The molecule has 1 aliphatic rings. The van der Waals surface area contributed by atoms with E-state index in [0.717, 1.165) is 38.0 Å². The molecule has 0 unspecified atom stereocenters. The first-order valence-electron chi connectivity index (χ1n) is 6.45. The van der Waals surface area contributed by atoms with Crippen LogP contribution in [0.1, 0.15) is 46.0 Å². The summed E-state index contributed by atoms with van der Waals surface area (Å²) < 4.78 is 5.35. The van der Waals surface area contributed by atoms with Gasteiger partial charge in [0.2, 0.25) is 0 Å². The van der Waals surface area contributed by atoms with Crippen molar-refractivity contribution in [1.82, 2.24) is 0 Å². The molecule has 0 heterocycles. The van der Waals surface area contributed by atoms with Crippen LogP contribution in [0.25, 0.3) is 0 Å². The number of ether oxygens (including phenoxy) is 1. The molecule has 0 aromatic heterocycles. The number of ketones is 1. The Bertz CT molecular complexity index is 220. The molecule has 0 amide bonds. The van der Waals surface area contributed by atoms with Gasteiger partial charge in [0.05, 0.1) is 0 Å². The molecule has 16 heavy (non-hydrogen) atoms. The van der Waals surface area contributed by atoms with Gasteiger partial charge >= 0.3 is 0 Å². The van der Waals surface area contributed by atoms with E-state index in [4.69, 9.17) is 10.5 Å². The van der Waals surface area contributed by atoms with E-state index in [1.165, 1.54) is 0 Å². The molecule has 0 aromatic rings. The molecule has 1 fully saturated rings. The Morgan fingerprint density at radius 3 is 2.56 bits per heavy atom. The monoisotopic (exact) mass is 227 g/mol. The standard InChI is InChI=1S/C13H25NO2/c1-3-8-16-9-12(15)13(10-14)6-4-11(2)5-7-13/h11H,3-10,14H2,1-2H3. The maximum atomic E-state index is 12.1. The first-order valence-corrected chi connectivity index (χ1v) is 6.45. The molecular formula is C13H25NO2. The van der Waals surface area contributed by atoms with Gasteiger partial charge in [0, 0.05) is 18.6 Å². The summed E-state index contributed by atoms with van der Waals surface area (Å²) in [6.07, 6.45) is 5.09. The highest BCUT2D eigenvalue weighted by atomic mass is 16.5. The van der Waals surface area contributed by atoms with Gasteiger partial charge in [-0.05, 0) is 38.0 Å². The van der Waals surface area contributed by atoms with Gasteiger partial charge in [0.15, 0.2) is 5.78 Å². The first-order chi connectivity index (χ1) is 7.64. The average Bonchev–Trinajstić information content (AvgIpc) is 2.31. The molecule has 0 bridgehead atoms. The lowest BCUT2D eigenvalue weighted by molar-refractivity contribution is -0.135. The third-order valence-corrected chi connectivity index (χ3v) is 3.80.